The summed E-state index contributed by atoms with van der Waals surface area (Å²) in [6.45, 7) is 6.38. The molecule has 3 rings (SSSR count). The van der Waals surface area contributed by atoms with Crippen LogP contribution in [0.4, 0.5) is 0 Å². The number of rotatable bonds is 3. The maximum Gasteiger partial charge on any atom is 0.0233 e. The van der Waals surface area contributed by atoms with E-state index in [4.69, 9.17) is 0 Å². The Morgan fingerprint density at radius 2 is 1.53 bits per heavy atom. The summed E-state index contributed by atoms with van der Waals surface area (Å²) in [5.74, 6) is 0. The van der Waals surface area contributed by atoms with Gasteiger partial charge in [0.25, 0.3) is 0 Å². The smallest absolute Gasteiger partial charge is 0.0233 e. The van der Waals surface area contributed by atoms with Crippen molar-refractivity contribution in [3.63, 3.8) is 0 Å². The molecule has 1 aromatic rings. The summed E-state index contributed by atoms with van der Waals surface area (Å²) in [4.78, 5) is 5.37. The van der Waals surface area contributed by atoms with Gasteiger partial charge in [-0.15, -0.1) is 0 Å². The first kappa shape index (κ1) is 13.1. The minimum absolute atomic E-state index is 0.868. The van der Waals surface area contributed by atoms with E-state index in [1.165, 1.54) is 63.8 Å². The molecule has 0 bridgehead atoms. The molecule has 104 valence electrons. The molecular weight excluding hydrogens is 232 g/mol. The largest absolute Gasteiger partial charge is 0.300 e. The van der Waals surface area contributed by atoms with Gasteiger partial charge in [-0.2, -0.15) is 0 Å². The molecule has 2 aliphatic rings. The lowest BCUT2D eigenvalue weighted by molar-refractivity contribution is 0.0896. The zero-order chi connectivity index (χ0) is 12.9. The molecule has 0 spiro atoms. The summed E-state index contributed by atoms with van der Waals surface area (Å²) in [7, 11) is 0. The van der Waals surface area contributed by atoms with E-state index in [0.29, 0.717) is 0 Å². The average Bonchev–Trinajstić information content (AvgIpc) is 2.50. The lowest BCUT2D eigenvalue weighted by Crippen LogP contribution is -2.46. The second kappa shape index (κ2) is 6.53. The number of benzene rings is 1. The molecule has 2 nitrogen and oxygen atoms in total. The summed E-state index contributed by atoms with van der Waals surface area (Å²) in [5, 5.41) is 0. The third-order valence-corrected chi connectivity index (χ3v) is 4.71. The number of hydrogen-bond donors (Lipinski definition) is 0. The van der Waals surface area contributed by atoms with Crippen LogP contribution < -0.4 is 0 Å². The van der Waals surface area contributed by atoms with Crippen LogP contribution in [-0.4, -0.2) is 42.0 Å². The highest BCUT2D eigenvalue weighted by atomic mass is 15.2. The first-order valence-electron chi connectivity index (χ1n) is 7.92. The van der Waals surface area contributed by atoms with Crippen LogP contribution in [-0.2, 0) is 6.54 Å². The molecular formula is C17H26N2. The Hall–Kier alpha value is -0.860. The topological polar surface area (TPSA) is 6.48 Å². The molecule has 0 aromatic heterocycles. The predicted molar refractivity (Wildman–Crippen MR) is 80.2 cm³/mol. The van der Waals surface area contributed by atoms with Crippen LogP contribution in [0.1, 0.15) is 37.7 Å². The van der Waals surface area contributed by atoms with Gasteiger partial charge < -0.3 is 4.90 Å². The SMILES string of the molecule is c1ccc(CN2CCC(N3CCCCC3)CC2)cc1. The molecule has 2 heteroatoms. The summed E-state index contributed by atoms with van der Waals surface area (Å²) < 4.78 is 0. The lowest BCUT2D eigenvalue weighted by Gasteiger charge is -2.40. The average molecular weight is 258 g/mol. The Balaban J connectivity index is 1.46. The van der Waals surface area contributed by atoms with E-state index < -0.39 is 0 Å². The highest BCUT2D eigenvalue weighted by Crippen LogP contribution is 2.21. The maximum absolute atomic E-state index is 2.75. The summed E-state index contributed by atoms with van der Waals surface area (Å²) >= 11 is 0. The van der Waals surface area contributed by atoms with Gasteiger partial charge in [-0.1, -0.05) is 36.8 Å². The van der Waals surface area contributed by atoms with Crippen molar-refractivity contribution < 1.29 is 0 Å². The number of nitrogens with zero attached hydrogens (tertiary/aromatic N) is 2. The monoisotopic (exact) mass is 258 g/mol. The molecule has 0 N–H and O–H groups in total. The van der Waals surface area contributed by atoms with E-state index in [0.717, 1.165) is 12.6 Å². The van der Waals surface area contributed by atoms with Gasteiger partial charge in [0.05, 0.1) is 0 Å². The maximum atomic E-state index is 2.75. The Morgan fingerprint density at radius 3 is 2.21 bits per heavy atom. The van der Waals surface area contributed by atoms with E-state index in [1.807, 2.05) is 0 Å². The van der Waals surface area contributed by atoms with Crippen molar-refractivity contribution in [2.24, 2.45) is 0 Å². The normalized spacial score (nSPS) is 23.6. The van der Waals surface area contributed by atoms with Crippen molar-refractivity contribution in [1.82, 2.24) is 9.80 Å². The van der Waals surface area contributed by atoms with E-state index in [1.54, 1.807) is 0 Å². The zero-order valence-electron chi connectivity index (χ0n) is 11.9. The molecule has 0 amide bonds. The van der Waals surface area contributed by atoms with Crippen LogP contribution in [0.2, 0.25) is 0 Å². The van der Waals surface area contributed by atoms with Crippen LogP contribution in [0.15, 0.2) is 30.3 Å². The highest BCUT2D eigenvalue weighted by molar-refractivity contribution is 5.14. The lowest BCUT2D eigenvalue weighted by atomic mass is 9.99. The van der Waals surface area contributed by atoms with Crippen molar-refractivity contribution in [2.75, 3.05) is 26.2 Å². The fourth-order valence-electron chi connectivity index (χ4n) is 3.57. The first-order chi connectivity index (χ1) is 9.42. The number of hydrogen-bond acceptors (Lipinski definition) is 2. The second-order valence-electron chi connectivity index (χ2n) is 6.09. The fourth-order valence-corrected chi connectivity index (χ4v) is 3.57. The van der Waals surface area contributed by atoms with Gasteiger partial charge in [0.2, 0.25) is 0 Å². The van der Waals surface area contributed by atoms with Gasteiger partial charge in [0.15, 0.2) is 0 Å². The van der Waals surface area contributed by atoms with Crippen LogP contribution in [0.5, 0.6) is 0 Å². The quantitative estimate of drug-likeness (QED) is 0.822. The molecule has 0 saturated carbocycles. The first-order valence-corrected chi connectivity index (χ1v) is 7.92. The third-order valence-electron chi connectivity index (χ3n) is 4.71. The molecule has 2 heterocycles. The van der Waals surface area contributed by atoms with Crippen LogP contribution >= 0.6 is 0 Å². The Labute approximate surface area is 117 Å². The van der Waals surface area contributed by atoms with Crippen molar-refractivity contribution in [2.45, 2.75) is 44.7 Å². The Bertz CT molecular complexity index is 362. The van der Waals surface area contributed by atoms with Gasteiger partial charge in [0.1, 0.15) is 0 Å². The van der Waals surface area contributed by atoms with Crippen molar-refractivity contribution >= 4 is 0 Å². The summed E-state index contributed by atoms with van der Waals surface area (Å²) in [6, 6.07) is 11.8. The van der Waals surface area contributed by atoms with Gasteiger partial charge >= 0.3 is 0 Å². The van der Waals surface area contributed by atoms with E-state index in [9.17, 15) is 0 Å². The highest BCUT2D eigenvalue weighted by Gasteiger charge is 2.25. The Kier molecular flexibility index (Phi) is 4.52. The minimum atomic E-state index is 0.868. The molecule has 2 fully saturated rings. The minimum Gasteiger partial charge on any atom is -0.300 e. The van der Waals surface area contributed by atoms with Gasteiger partial charge in [-0.05, 0) is 57.4 Å². The van der Waals surface area contributed by atoms with Gasteiger partial charge in [-0.25, -0.2) is 0 Å². The second-order valence-corrected chi connectivity index (χ2v) is 6.09. The summed E-state index contributed by atoms with van der Waals surface area (Å²) in [5.41, 5.74) is 1.46. The van der Waals surface area contributed by atoms with Crippen molar-refractivity contribution in [3.8, 4) is 0 Å². The van der Waals surface area contributed by atoms with Crippen LogP contribution in [0, 0.1) is 0 Å². The standard InChI is InChI=1S/C17H26N2/c1-3-7-16(8-4-1)15-18-13-9-17(10-14-18)19-11-5-2-6-12-19/h1,3-4,7-8,17H,2,5-6,9-15H2. The van der Waals surface area contributed by atoms with E-state index in [-0.39, 0.29) is 0 Å². The van der Waals surface area contributed by atoms with Crippen LogP contribution in [0.25, 0.3) is 0 Å². The summed E-state index contributed by atoms with van der Waals surface area (Å²) in [6.07, 6.45) is 7.03. The van der Waals surface area contributed by atoms with Crippen molar-refractivity contribution in [1.29, 1.82) is 0 Å². The molecule has 0 aliphatic carbocycles. The molecule has 2 aliphatic heterocycles. The molecule has 0 atom stereocenters. The fraction of sp³-hybridized carbons (Fsp3) is 0.647. The predicted octanol–water partition coefficient (Wildman–Crippen LogP) is 3.14. The number of piperidine rings is 2. The van der Waals surface area contributed by atoms with E-state index in [2.05, 4.69) is 40.1 Å². The molecule has 0 unspecified atom stereocenters. The number of likely N-dealkylation sites (tertiary alicyclic amines) is 2. The van der Waals surface area contributed by atoms with Gasteiger partial charge in [-0.3, -0.25) is 4.90 Å². The van der Waals surface area contributed by atoms with Crippen molar-refractivity contribution in [3.05, 3.63) is 35.9 Å². The molecule has 2 saturated heterocycles. The molecule has 19 heavy (non-hydrogen) atoms. The van der Waals surface area contributed by atoms with Crippen LogP contribution in [0.3, 0.4) is 0 Å². The van der Waals surface area contributed by atoms with Gasteiger partial charge in [0, 0.05) is 12.6 Å². The molecule has 0 radical (unpaired) electrons. The third kappa shape index (κ3) is 3.58. The Morgan fingerprint density at radius 1 is 0.842 bits per heavy atom. The zero-order valence-corrected chi connectivity index (χ0v) is 11.9. The molecule has 1 aromatic carbocycles. The van der Waals surface area contributed by atoms with E-state index >= 15 is 0 Å².